The highest BCUT2D eigenvalue weighted by molar-refractivity contribution is 5.91. The van der Waals surface area contributed by atoms with Crippen LogP contribution in [0.3, 0.4) is 0 Å². The van der Waals surface area contributed by atoms with Gasteiger partial charge in [0, 0.05) is 38.5 Å². The fraction of sp³-hybridized carbons (Fsp3) is 0.417. The van der Waals surface area contributed by atoms with Gasteiger partial charge in [-0.2, -0.15) is 0 Å². The van der Waals surface area contributed by atoms with Gasteiger partial charge < -0.3 is 19.9 Å². The lowest BCUT2D eigenvalue weighted by atomic mass is 10.1. The van der Waals surface area contributed by atoms with Gasteiger partial charge in [0.2, 0.25) is 5.91 Å². The summed E-state index contributed by atoms with van der Waals surface area (Å²) in [6.07, 6.45) is 5.19. The van der Waals surface area contributed by atoms with Crippen LogP contribution in [-0.2, 0) is 4.79 Å². The molecular formula is C24H29N3O3. The molecule has 1 N–H and O–H groups in total. The van der Waals surface area contributed by atoms with Crippen molar-refractivity contribution >= 4 is 17.6 Å². The second-order valence-electron chi connectivity index (χ2n) is 8.28. The number of hydrogen-bond donors (Lipinski definition) is 1. The third kappa shape index (κ3) is 4.75. The first-order chi connectivity index (χ1) is 14.6. The minimum absolute atomic E-state index is 0.185. The standard InChI is InChI=1S/C24H29N3O3/c1-26(16-18-15-23(28)27(17-18)19-9-5-6-10-19)24(29)25-21-13-7-8-14-22(21)30-20-11-3-2-4-12-20/h2-4,7-8,11-14,18-19H,5-6,9-10,15-17H2,1H3,(H,25,29). The number of carbonyl (C=O) groups excluding carboxylic acids is 2. The maximum atomic E-state index is 12.8. The van der Waals surface area contributed by atoms with Crippen LogP contribution in [0.25, 0.3) is 0 Å². The quantitative estimate of drug-likeness (QED) is 0.753. The van der Waals surface area contributed by atoms with Crippen LogP contribution < -0.4 is 10.1 Å². The smallest absolute Gasteiger partial charge is 0.321 e. The molecular weight excluding hydrogens is 378 g/mol. The molecule has 30 heavy (non-hydrogen) atoms. The summed E-state index contributed by atoms with van der Waals surface area (Å²) < 4.78 is 5.92. The highest BCUT2D eigenvalue weighted by atomic mass is 16.5. The van der Waals surface area contributed by atoms with E-state index >= 15 is 0 Å². The number of likely N-dealkylation sites (tertiary alicyclic amines) is 1. The Morgan fingerprint density at radius 1 is 1.10 bits per heavy atom. The molecule has 0 bridgehead atoms. The first-order valence-electron chi connectivity index (χ1n) is 10.7. The molecule has 1 aliphatic heterocycles. The van der Waals surface area contributed by atoms with Gasteiger partial charge in [0.05, 0.1) is 5.69 Å². The summed E-state index contributed by atoms with van der Waals surface area (Å²) in [5.41, 5.74) is 0.619. The number of para-hydroxylation sites is 3. The molecule has 1 atom stereocenters. The van der Waals surface area contributed by atoms with Crippen LogP contribution in [0.15, 0.2) is 54.6 Å². The number of benzene rings is 2. The van der Waals surface area contributed by atoms with Crippen molar-refractivity contribution in [2.75, 3.05) is 25.5 Å². The highest BCUT2D eigenvalue weighted by Crippen LogP contribution is 2.31. The molecule has 2 fully saturated rings. The van der Waals surface area contributed by atoms with Gasteiger partial charge in [-0.05, 0) is 37.1 Å². The Bertz CT molecular complexity index is 880. The van der Waals surface area contributed by atoms with Crippen LogP contribution in [0, 0.1) is 5.92 Å². The normalized spacial score (nSPS) is 19.2. The molecule has 1 unspecified atom stereocenters. The largest absolute Gasteiger partial charge is 0.455 e. The Morgan fingerprint density at radius 2 is 1.80 bits per heavy atom. The van der Waals surface area contributed by atoms with Crippen molar-refractivity contribution in [3.05, 3.63) is 54.6 Å². The first-order valence-corrected chi connectivity index (χ1v) is 10.7. The number of rotatable bonds is 6. The molecule has 3 amide bonds. The predicted octanol–water partition coefficient (Wildman–Crippen LogP) is 4.73. The number of hydrogen-bond acceptors (Lipinski definition) is 3. The fourth-order valence-corrected chi connectivity index (χ4v) is 4.45. The molecule has 0 radical (unpaired) electrons. The summed E-state index contributed by atoms with van der Waals surface area (Å²) in [6.45, 7) is 1.32. The van der Waals surface area contributed by atoms with Crippen molar-refractivity contribution in [1.82, 2.24) is 9.80 Å². The van der Waals surface area contributed by atoms with Crippen LogP contribution in [0.4, 0.5) is 10.5 Å². The van der Waals surface area contributed by atoms with Crippen LogP contribution in [0.5, 0.6) is 11.5 Å². The maximum Gasteiger partial charge on any atom is 0.321 e. The molecule has 2 aromatic rings. The number of nitrogens with zero attached hydrogens (tertiary/aromatic N) is 2. The SMILES string of the molecule is CN(CC1CC(=O)N(C2CCCC2)C1)C(=O)Nc1ccccc1Oc1ccccc1. The minimum Gasteiger partial charge on any atom is -0.455 e. The summed E-state index contributed by atoms with van der Waals surface area (Å²) in [5, 5.41) is 2.95. The lowest BCUT2D eigenvalue weighted by molar-refractivity contribution is -0.129. The molecule has 1 saturated heterocycles. The van der Waals surface area contributed by atoms with Gasteiger partial charge in [-0.25, -0.2) is 4.79 Å². The van der Waals surface area contributed by atoms with E-state index in [4.69, 9.17) is 4.74 Å². The van der Waals surface area contributed by atoms with Crippen LogP contribution in [-0.4, -0.2) is 47.9 Å². The molecule has 2 aromatic carbocycles. The monoisotopic (exact) mass is 407 g/mol. The number of carbonyl (C=O) groups is 2. The lowest BCUT2D eigenvalue weighted by Crippen LogP contribution is -2.37. The van der Waals surface area contributed by atoms with E-state index in [1.807, 2.05) is 59.5 Å². The van der Waals surface area contributed by atoms with Crippen molar-refractivity contribution in [2.24, 2.45) is 5.92 Å². The zero-order valence-electron chi connectivity index (χ0n) is 17.4. The molecule has 0 spiro atoms. The summed E-state index contributed by atoms with van der Waals surface area (Å²) in [6, 6.07) is 17.1. The van der Waals surface area contributed by atoms with E-state index in [0.29, 0.717) is 36.2 Å². The molecule has 6 heteroatoms. The summed E-state index contributed by atoms with van der Waals surface area (Å²) in [7, 11) is 1.78. The van der Waals surface area contributed by atoms with Gasteiger partial charge in [-0.3, -0.25) is 4.79 Å². The zero-order valence-corrected chi connectivity index (χ0v) is 17.4. The topological polar surface area (TPSA) is 61.9 Å². The zero-order chi connectivity index (χ0) is 20.9. The number of anilines is 1. The third-order valence-corrected chi connectivity index (χ3v) is 5.98. The Labute approximate surface area is 177 Å². The Balaban J connectivity index is 1.34. The van der Waals surface area contributed by atoms with E-state index in [9.17, 15) is 9.59 Å². The number of amides is 3. The van der Waals surface area contributed by atoms with Gasteiger partial charge in [-0.1, -0.05) is 43.2 Å². The van der Waals surface area contributed by atoms with Gasteiger partial charge in [0.1, 0.15) is 5.75 Å². The van der Waals surface area contributed by atoms with E-state index in [0.717, 1.165) is 19.4 Å². The maximum absolute atomic E-state index is 12.8. The fourth-order valence-electron chi connectivity index (χ4n) is 4.45. The van der Waals surface area contributed by atoms with E-state index < -0.39 is 0 Å². The van der Waals surface area contributed by atoms with Crippen molar-refractivity contribution in [2.45, 2.75) is 38.1 Å². The first kappa shape index (κ1) is 20.3. The van der Waals surface area contributed by atoms with Crippen LogP contribution in [0.2, 0.25) is 0 Å². The molecule has 0 aromatic heterocycles. The molecule has 2 aliphatic rings. The van der Waals surface area contributed by atoms with Crippen LogP contribution >= 0.6 is 0 Å². The van der Waals surface area contributed by atoms with E-state index in [1.54, 1.807) is 11.9 Å². The molecule has 158 valence electrons. The van der Waals surface area contributed by atoms with Gasteiger partial charge in [0.25, 0.3) is 0 Å². The van der Waals surface area contributed by atoms with Crippen molar-refractivity contribution in [3.63, 3.8) is 0 Å². The number of nitrogens with one attached hydrogen (secondary N) is 1. The number of ether oxygens (including phenoxy) is 1. The molecule has 1 aliphatic carbocycles. The Hall–Kier alpha value is -3.02. The second kappa shape index (κ2) is 9.20. The molecule has 6 nitrogen and oxygen atoms in total. The van der Waals surface area contributed by atoms with Crippen LogP contribution in [0.1, 0.15) is 32.1 Å². The Morgan fingerprint density at radius 3 is 2.57 bits per heavy atom. The predicted molar refractivity (Wildman–Crippen MR) is 117 cm³/mol. The Kier molecular flexibility index (Phi) is 6.21. The summed E-state index contributed by atoms with van der Waals surface area (Å²) in [5.74, 6) is 1.73. The van der Waals surface area contributed by atoms with Gasteiger partial charge >= 0.3 is 6.03 Å². The van der Waals surface area contributed by atoms with Gasteiger partial charge in [0.15, 0.2) is 5.75 Å². The van der Waals surface area contributed by atoms with Crippen molar-refractivity contribution in [1.29, 1.82) is 0 Å². The lowest BCUT2D eigenvalue weighted by Gasteiger charge is -2.25. The molecule has 1 heterocycles. The third-order valence-electron chi connectivity index (χ3n) is 5.98. The van der Waals surface area contributed by atoms with Gasteiger partial charge in [-0.15, -0.1) is 0 Å². The molecule has 1 saturated carbocycles. The second-order valence-corrected chi connectivity index (χ2v) is 8.28. The van der Waals surface area contributed by atoms with E-state index in [-0.39, 0.29) is 17.9 Å². The number of urea groups is 1. The highest BCUT2D eigenvalue weighted by Gasteiger charge is 2.36. The average molecular weight is 408 g/mol. The average Bonchev–Trinajstić information content (AvgIpc) is 3.40. The minimum atomic E-state index is -0.203. The van der Waals surface area contributed by atoms with E-state index in [1.165, 1.54) is 12.8 Å². The van der Waals surface area contributed by atoms with Crippen molar-refractivity contribution < 1.29 is 14.3 Å². The summed E-state index contributed by atoms with van der Waals surface area (Å²) >= 11 is 0. The van der Waals surface area contributed by atoms with Crippen molar-refractivity contribution in [3.8, 4) is 11.5 Å². The van der Waals surface area contributed by atoms with E-state index in [2.05, 4.69) is 5.32 Å². The molecule has 4 rings (SSSR count). The summed E-state index contributed by atoms with van der Waals surface area (Å²) in [4.78, 5) is 28.9.